The van der Waals surface area contributed by atoms with Gasteiger partial charge in [0.05, 0.1) is 10.7 Å². The number of carbonyl (C=O) groups excluding carboxylic acids is 1. The lowest BCUT2D eigenvalue weighted by molar-refractivity contribution is 0.0718. The van der Waals surface area contributed by atoms with E-state index in [2.05, 4.69) is 15.3 Å². The molecule has 25 heavy (non-hydrogen) atoms. The Kier molecular flexibility index (Phi) is 5.23. The van der Waals surface area contributed by atoms with Crippen molar-refractivity contribution in [3.63, 3.8) is 0 Å². The lowest BCUT2D eigenvalue weighted by atomic mass is 10.1. The molecule has 1 fully saturated rings. The Morgan fingerprint density at radius 3 is 2.48 bits per heavy atom. The highest BCUT2D eigenvalue weighted by atomic mass is 35.5. The van der Waals surface area contributed by atoms with E-state index in [1.165, 1.54) is 6.42 Å². The zero-order valence-electron chi connectivity index (χ0n) is 14.9. The lowest BCUT2D eigenvalue weighted by Crippen LogP contribution is -2.36. The van der Waals surface area contributed by atoms with E-state index >= 15 is 0 Å². The summed E-state index contributed by atoms with van der Waals surface area (Å²) in [4.78, 5) is 23.4. The molecule has 0 radical (unpaired) electrons. The number of hydrogen-bond donors (Lipinski definition) is 1. The molecule has 1 aromatic heterocycles. The van der Waals surface area contributed by atoms with Crippen molar-refractivity contribution in [2.45, 2.75) is 40.0 Å². The molecule has 3 rings (SSSR count). The second-order valence-electron chi connectivity index (χ2n) is 6.63. The molecule has 1 aliphatic heterocycles. The molecule has 2 aromatic rings. The van der Waals surface area contributed by atoms with Crippen molar-refractivity contribution in [2.24, 2.45) is 0 Å². The number of hydrogen-bond acceptors (Lipinski definition) is 4. The van der Waals surface area contributed by atoms with Crippen LogP contribution in [-0.4, -0.2) is 33.9 Å². The highest BCUT2D eigenvalue weighted by molar-refractivity contribution is 6.33. The summed E-state index contributed by atoms with van der Waals surface area (Å²) < 4.78 is 0. The van der Waals surface area contributed by atoms with Gasteiger partial charge in [0.1, 0.15) is 5.69 Å². The summed E-state index contributed by atoms with van der Waals surface area (Å²) in [5, 5.41) is 3.80. The fourth-order valence-corrected chi connectivity index (χ4v) is 3.55. The summed E-state index contributed by atoms with van der Waals surface area (Å²) in [6.45, 7) is 7.45. The van der Waals surface area contributed by atoms with Crippen LogP contribution < -0.4 is 5.32 Å². The number of benzene rings is 1. The van der Waals surface area contributed by atoms with Gasteiger partial charge in [-0.25, -0.2) is 9.97 Å². The van der Waals surface area contributed by atoms with Crippen LogP contribution in [0.15, 0.2) is 18.2 Å². The van der Waals surface area contributed by atoms with Gasteiger partial charge >= 0.3 is 0 Å². The van der Waals surface area contributed by atoms with E-state index in [4.69, 9.17) is 11.6 Å². The highest BCUT2D eigenvalue weighted by Gasteiger charge is 2.20. The summed E-state index contributed by atoms with van der Waals surface area (Å²) in [6.07, 6.45) is 3.29. The lowest BCUT2D eigenvalue weighted by Gasteiger charge is -2.26. The molecule has 1 aliphatic rings. The number of likely N-dealkylation sites (tertiary alicyclic amines) is 1. The number of rotatable bonds is 3. The first-order valence-corrected chi connectivity index (χ1v) is 9.00. The van der Waals surface area contributed by atoms with Crippen LogP contribution in [0, 0.1) is 20.8 Å². The van der Waals surface area contributed by atoms with Gasteiger partial charge in [0.2, 0.25) is 5.95 Å². The summed E-state index contributed by atoms with van der Waals surface area (Å²) in [5.41, 5.74) is 4.06. The summed E-state index contributed by atoms with van der Waals surface area (Å²) in [6, 6.07) is 5.68. The number of amides is 1. The third-order valence-electron chi connectivity index (χ3n) is 4.39. The Labute approximate surface area is 153 Å². The number of halogens is 1. The highest BCUT2D eigenvalue weighted by Crippen LogP contribution is 2.29. The quantitative estimate of drug-likeness (QED) is 0.882. The molecule has 1 saturated heterocycles. The van der Waals surface area contributed by atoms with Crippen molar-refractivity contribution in [1.82, 2.24) is 14.9 Å². The molecule has 132 valence electrons. The first-order chi connectivity index (χ1) is 11.9. The topological polar surface area (TPSA) is 58.1 Å². The number of carbonyl (C=O) groups is 1. The van der Waals surface area contributed by atoms with Crippen molar-refractivity contribution in [3.05, 3.63) is 45.7 Å². The van der Waals surface area contributed by atoms with Gasteiger partial charge in [0.25, 0.3) is 5.91 Å². The first kappa shape index (κ1) is 17.7. The van der Waals surface area contributed by atoms with Crippen LogP contribution >= 0.6 is 11.6 Å². The zero-order chi connectivity index (χ0) is 18.0. The van der Waals surface area contributed by atoms with Crippen LogP contribution in [0.3, 0.4) is 0 Å². The SMILES string of the molecule is Cc1cc(C)c(Nc2nc(C)cc(C(=O)N3CCCCC3)n2)c(Cl)c1. The molecule has 0 unspecified atom stereocenters. The second-order valence-corrected chi connectivity index (χ2v) is 7.04. The van der Waals surface area contributed by atoms with Gasteiger partial charge in [-0.1, -0.05) is 17.7 Å². The normalized spacial score (nSPS) is 14.5. The maximum absolute atomic E-state index is 12.7. The molecule has 1 amide bonds. The Morgan fingerprint density at radius 2 is 1.80 bits per heavy atom. The molecular formula is C19H23ClN4O. The van der Waals surface area contributed by atoms with Crippen LogP contribution in [0.2, 0.25) is 5.02 Å². The minimum absolute atomic E-state index is 0.0278. The third-order valence-corrected chi connectivity index (χ3v) is 4.68. The van der Waals surface area contributed by atoms with Gasteiger partial charge in [-0.3, -0.25) is 4.79 Å². The van der Waals surface area contributed by atoms with Gasteiger partial charge in [-0.15, -0.1) is 0 Å². The largest absolute Gasteiger partial charge is 0.337 e. The summed E-state index contributed by atoms with van der Waals surface area (Å²) in [5.74, 6) is 0.370. The van der Waals surface area contributed by atoms with Crippen LogP contribution in [0.4, 0.5) is 11.6 Å². The number of nitrogens with one attached hydrogen (secondary N) is 1. The molecule has 6 heteroatoms. The minimum atomic E-state index is -0.0278. The third kappa shape index (κ3) is 4.10. The molecule has 0 bridgehead atoms. The molecule has 0 atom stereocenters. The smallest absolute Gasteiger partial charge is 0.272 e. The molecule has 2 heterocycles. The van der Waals surface area contributed by atoms with Crippen LogP contribution in [0.5, 0.6) is 0 Å². The maximum atomic E-state index is 12.7. The minimum Gasteiger partial charge on any atom is -0.337 e. The number of aryl methyl sites for hydroxylation is 3. The second kappa shape index (κ2) is 7.40. The zero-order valence-corrected chi connectivity index (χ0v) is 15.7. The van der Waals surface area contributed by atoms with Gasteiger partial charge < -0.3 is 10.2 Å². The Hall–Kier alpha value is -2.14. The van der Waals surface area contributed by atoms with E-state index in [1.54, 1.807) is 6.07 Å². The summed E-state index contributed by atoms with van der Waals surface area (Å²) >= 11 is 6.36. The van der Waals surface area contributed by atoms with E-state index in [1.807, 2.05) is 37.8 Å². The van der Waals surface area contributed by atoms with Gasteiger partial charge in [-0.2, -0.15) is 0 Å². The van der Waals surface area contributed by atoms with Crippen molar-refractivity contribution in [1.29, 1.82) is 0 Å². The summed E-state index contributed by atoms with van der Waals surface area (Å²) in [7, 11) is 0. The fourth-order valence-electron chi connectivity index (χ4n) is 3.18. The number of aromatic nitrogens is 2. The monoisotopic (exact) mass is 358 g/mol. The number of anilines is 2. The molecular weight excluding hydrogens is 336 g/mol. The average molecular weight is 359 g/mol. The van der Waals surface area contributed by atoms with Crippen molar-refractivity contribution < 1.29 is 4.79 Å². The van der Waals surface area contributed by atoms with Crippen molar-refractivity contribution >= 4 is 29.1 Å². The Balaban J connectivity index is 1.88. The van der Waals surface area contributed by atoms with Crippen LogP contribution in [0.1, 0.15) is 46.6 Å². The number of nitrogens with zero attached hydrogens (tertiary/aromatic N) is 3. The molecule has 0 spiro atoms. The van der Waals surface area contributed by atoms with Gasteiger partial charge in [0.15, 0.2) is 0 Å². The van der Waals surface area contributed by atoms with Crippen LogP contribution in [0.25, 0.3) is 0 Å². The van der Waals surface area contributed by atoms with Crippen molar-refractivity contribution in [3.8, 4) is 0 Å². The standard InChI is InChI=1S/C19H23ClN4O/c1-12-9-13(2)17(15(20)10-12)23-19-21-14(3)11-16(22-19)18(25)24-7-5-4-6-8-24/h9-11H,4-8H2,1-3H3,(H,21,22,23). The molecule has 5 nitrogen and oxygen atoms in total. The van der Waals surface area contributed by atoms with E-state index in [9.17, 15) is 4.79 Å². The Morgan fingerprint density at radius 1 is 1.08 bits per heavy atom. The van der Waals surface area contributed by atoms with Crippen molar-refractivity contribution in [2.75, 3.05) is 18.4 Å². The molecule has 1 N–H and O–H groups in total. The average Bonchev–Trinajstić information content (AvgIpc) is 2.58. The fraction of sp³-hybridized carbons (Fsp3) is 0.421. The van der Waals surface area contributed by atoms with Crippen LogP contribution in [-0.2, 0) is 0 Å². The molecule has 0 saturated carbocycles. The van der Waals surface area contributed by atoms with Gasteiger partial charge in [0, 0.05) is 18.8 Å². The predicted molar refractivity (Wildman–Crippen MR) is 101 cm³/mol. The van der Waals surface area contributed by atoms with Gasteiger partial charge in [-0.05, 0) is 63.3 Å². The Bertz CT molecular complexity index is 777. The van der Waals surface area contributed by atoms with E-state index < -0.39 is 0 Å². The first-order valence-electron chi connectivity index (χ1n) is 8.63. The molecule has 0 aliphatic carbocycles. The molecule has 1 aromatic carbocycles. The number of piperidine rings is 1. The maximum Gasteiger partial charge on any atom is 0.272 e. The van der Waals surface area contributed by atoms with E-state index in [-0.39, 0.29) is 5.91 Å². The predicted octanol–water partition coefficient (Wildman–Crippen LogP) is 4.42. The van der Waals surface area contributed by atoms with E-state index in [0.717, 1.165) is 48.4 Å². The van der Waals surface area contributed by atoms with E-state index in [0.29, 0.717) is 16.7 Å².